The molecule has 1 atom stereocenters. The van der Waals surface area contributed by atoms with E-state index in [2.05, 4.69) is 10.6 Å². The van der Waals surface area contributed by atoms with Crippen molar-refractivity contribution in [2.75, 3.05) is 10.6 Å². The molecule has 0 fully saturated rings. The number of anilines is 2. The predicted molar refractivity (Wildman–Crippen MR) is 114 cm³/mol. The number of halogens is 1. The van der Waals surface area contributed by atoms with Crippen LogP contribution in [0.3, 0.4) is 0 Å². The molecule has 0 saturated carbocycles. The first-order valence-electron chi connectivity index (χ1n) is 8.48. The van der Waals surface area contributed by atoms with Crippen molar-refractivity contribution in [2.24, 2.45) is 0 Å². The van der Waals surface area contributed by atoms with Crippen LogP contribution in [0.1, 0.15) is 17.3 Å². The fourth-order valence-corrected chi connectivity index (χ4v) is 3.28. The van der Waals surface area contributed by atoms with Crippen LogP contribution in [0.4, 0.5) is 11.4 Å². The van der Waals surface area contributed by atoms with Crippen molar-refractivity contribution < 1.29 is 29.4 Å². The molecule has 0 heterocycles. The number of benzene rings is 2. The Bertz CT molecular complexity index is 1010. The minimum Gasteiger partial charge on any atom is -0.478 e. The Balaban J connectivity index is 1.95. The number of nitrogens with one attached hydrogen (secondary N) is 2. The molecule has 0 saturated heterocycles. The van der Waals surface area contributed by atoms with Gasteiger partial charge in [0.2, 0.25) is 11.8 Å². The summed E-state index contributed by atoms with van der Waals surface area (Å²) < 4.78 is 0. The highest BCUT2D eigenvalue weighted by atomic mass is 35.5. The summed E-state index contributed by atoms with van der Waals surface area (Å²) in [6, 6.07) is 10.9. The minimum absolute atomic E-state index is 0.0774. The summed E-state index contributed by atoms with van der Waals surface area (Å²) in [6.07, 6.45) is 1.64. The molecule has 2 aromatic rings. The number of amides is 2. The molecule has 156 valence electrons. The normalized spacial score (nSPS) is 11.7. The second-order valence-electron chi connectivity index (χ2n) is 5.93. The van der Waals surface area contributed by atoms with Gasteiger partial charge in [-0.15, -0.1) is 11.8 Å². The highest BCUT2D eigenvalue weighted by Crippen LogP contribution is 2.26. The molecule has 0 aliphatic heterocycles. The van der Waals surface area contributed by atoms with Crippen molar-refractivity contribution in [2.45, 2.75) is 17.1 Å². The van der Waals surface area contributed by atoms with Crippen LogP contribution in [0.5, 0.6) is 0 Å². The van der Waals surface area contributed by atoms with Crippen LogP contribution in [0.15, 0.2) is 59.5 Å². The quantitative estimate of drug-likeness (QED) is 0.357. The van der Waals surface area contributed by atoms with E-state index in [4.69, 9.17) is 21.8 Å². The van der Waals surface area contributed by atoms with Crippen molar-refractivity contribution in [1.82, 2.24) is 0 Å². The second kappa shape index (κ2) is 10.5. The van der Waals surface area contributed by atoms with Gasteiger partial charge in [-0.05, 0) is 49.4 Å². The zero-order valence-electron chi connectivity index (χ0n) is 15.6. The van der Waals surface area contributed by atoms with Crippen LogP contribution in [0, 0.1) is 0 Å². The van der Waals surface area contributed by atoms with Gasteiger partial charge < -0.3 is 20.8 Å². The fourth-order valence-electron chi connectivity index (χ4n) is 2.22. The Hall–Kier alpha value is -3.30. The third-order valence-electron chi connectivity index (χ3n) is 3.65. The van der Waals surface area contributed by atoms with Crippen LogP contribution in [0.2, 0.25) is 5.02 Å². The Morgan fingerprint density at radius 2 is 1.60 bits per heavy atom. The van der Waals surface area contributed by atoms with E-state index in [1.807, 2.05) is 0 Å². The standard InChI is InChI=1S/C20H17ClN2O6S/c1-11(19(27)23-13-4-7-16(21)15(10-13)20(28)29)30-14-5-2-12(3-6-14)22-17(24)8-9-18(25)26/h2-11H,1H3,(H,22,24)(H,23,27)(H,25,26)(H,28,29)/b9-8+. The summed E-state index contributed by atoms with van der Waals surface area (Å²) in [4.78, 5) is 46.3. The summed E-state index contributed by atoms with van der Waals surface area (Å²) in [5, 5.41) is 22.4. The van der Waals surface area contributed by atoms with Gasteiger partial charge in [0, 0.05) is 28.4 Å². The molecule has 2 rings (SSSR count). The molecular weight excluding hydrogens is 432 g/mol. The number of carboxylic acids is 2. The topological polar surface area (TPSA) is 133 Å². The van der Waals surface area contributed by atoms with E-state index >= 15 is 0 Å². The molecule has 8 nitrogen and oxygen atoms in total. The van der Waals surface area contributed by atoms with Gasteiger partial charge in [-0.1, -0.05) is 11.6 Å². The van der Waals surface area contributed by atoms with Gasteiger partial charge in [0.05, 0.1) is 15.8 Å². The average Bonchev–Trinajstić information content (AvgIpc) is 2.69. The van der Waals surface area contributed by atoms with Gasteiger partial charge in [-0.2, -0.15) is 0 Å². The Morgan fingerprint density at radius 3 is 2.20 bits per heavy atom. The Kier molecular flexibility index (Phi) is 8.02. The first-order valence-corrected chi connectivity index (χ1v) is 9.74. The van der Waals surface area contributed by atoms with Crippen LogP contribution in [-0.2, 0) is 14.4 Å². The minimum atomic E-state index is -1.22. The lowest BCUT2D eigenvalue weighted by atomic mass is 10.2. The lowest BCUT2D eigenvalue weighted by molar-refractivity contribution is -0.131. The molecule has 30 heavy (non-hydrogen) atoms. The van der Waals surface area contributed by atoms with E-state index in [-0.39, 0.29) is 16.5 Å². The molecule has 4 N–H and O–H groups in total. The first kappa shape index (κ1) is 23.0. The summed E-state index contributed by atoms with van der Waals surface area (Å²) in [5.41, 5.74) is 0.686. The van der Waals surface area contributed by atoms with E-state index in [1.165, 1.54) is 30.0 Å². The maximum Gasteiger partial charge on any atom is 0.337 e. The first-order chi connectivity index (χ1) is 14.2. The second-order valence-corrected chi connectivity index (χ2v) is 7.76. The monoisotopic (exact) mass is 448 g/mol. The maximum atomic E-state index is 12.4. The number of aliphatic carboxylic acids is 1. The van der Waals surface area contributed by atoms with Gasteiger partial charge in [0.25, 0.3) is 0 Å². The van der Waals surface area contributed by atoms with Crippen molar-refractivity contribution in [3.63, 3.8) is 0 Å². The zero-order chi connectivity index (χ0) is 22.3. The average molecular weight is 449 g/mol. The number of hydrogen-bond acceptors (Lipinski definition) is 5. The molecule has 0 aromatic heterocycles. The Labute approximate surface area is 180 Å². The number of carboxylic acid groups (broad SMARTS) is 2. The van der Waals surface area contributed by atoms with E-state index in [9.17, 15) is 19.2 Å². The summed E-state index contributed by atoms with van der Waals surface area (Å²) in [7, 11) is 0. The number of thioether (sulfide) groups is 1. The lowest BCUT2D eigenvalue weighted by Gasteiger charge is -2.13. The third kappa shape index (κ3) is 6.94. The van der Waals surface area contributed by atoms with Crippen molar-refractivity contribution in [3.8, 4) is 0 Å². The van der Waals surface area contributed by atoms with Crippen LogP contribution < -0.4 is 10.6 Å². The van der Waals surface area contributed by atoms with E-state index in [0.29, 0.717) is 11.4 Å². The highest BCUT2D eigenvalue weighted by Gasteiger charge is 2.16. The molecule has 0 aliphatic rings. The lowest BCUT2D eigenvalue weighted by Crippen LogP contribution is -2.22. The largest absolute Gasteiger partial charge is 0.478 e. The molecule has 2 aromatic carbocycles. The Morgan fingerprint density at radius 1 is 0.967 bits per heavy atom. The number of carbonyl (C=O) groups is 4. The number of hydrogen-bond donors (Lipinski definition) is 4. The summed E-state index contributed by atoms with van der Waals surface area (Å²) >= 11 is 7.09. The molecule has 0 spiro atoms. The maximum absolute atomic E-state index is 12.4. The van der Waals surface area contributed by atoms with Crippen molar-refractivity contribution in [3.05, 3.63) is 65.2 Å². The smallest absolute Gasteiger partial charge is 0.337 e. The SMILES string of the molecule is CC(Sc1ccc(NC(=O)/C=C/C(=O)O)cc1)C(=O)Nc1ccc(Cl)c(C(=O)O)c1. The van der Waals surface area contributed by atoms with Crippen LogP contribution in [-0.4, -0.2) is 39.2 Å². The van der Waals surface area contributed by atoms with E-state index in [1.54, 1.807) is 31.2 Å². The predicted octanol–water partition coefficient (Wildman–Crippen LogP) is 3.74. The summed E-state index contributed by atoms with van der Waals surface area (Å²) in [6.45, 7) is 1.69. The highest BCUT2D eigenvalue weighted by molar-refractivity contribution is 8.00. The molecule has 0 aliphatic carbocycles. The fraction of sp³-hybridized carbons (Fsp3) is 0.100. The van der Waals surface area contributed by atoms with Crippen LogP contribution >= 0.6 is 23.4 Å². The number of carbonyl (C=O) groups excluding carboxylic acids is 2. The van der Waals surface area contributed by atoms with E-state index in [0.717, 1.165) is 17.0 Å². The van der Waals surface area contributed by atoms with Crippen molar-refractivity contribution >= 4 is 58.5 Å². The number of rotatable bonds is 8. The summed E-state index contributed by atoms with van der Waals surface area (Å²) in [5.74, 6) is -3.31. The zero-order valence-corrected chi connectivity index (χ0v) is 17.2. The van der Waals surface area contributed by atoms with Gasteiger partial charge in [-0.25, -0.2) is 9.59 Å². The van der Waals surface area contributed by atoms with Crippen LogP contribution in [0.25, 0.3) is 0 Å². The molecule has 10 heteroatoms. The molecule has 2 amide bonds. The molecular formula is C20H17ClN2O6S. The van der Waals surface area contributed by atoms with Gasteiger partial charge in [0.1, 0.15) is 0 Å². The number of aromatic carboxylic acids is 1. The third-order valence-corrected chi connectivity index (χ3v) is 5.09. The van der Waals surface area contributed by atoms with Gasteiger partial charge in [0.15, 0.2) is 0 Å². The molecule has 1 unspecified atom stereocenters. The van der Waals surface area contributed by atoms with Gasteiger partial charge >= 0.3 is 11.9 Å². The van der Waals surface area contributed by atoms with E-state index < -0.39 is 23.1 Å². The molecule has 0 radical (unpaired) electrons. The molecule has 0 bridgehead atoms. The van der Waals surface area contributed by atoms with Crippen molar-refractivity contribution in [1.29, 1.82) is 0 Å². The van der Waals surface area contributed by atoms with Gasteiger partial charge in [-0.3, -0.25) is 9.59 Å².